The Morgan fingerprint density at radius 3 is 2.92 bits per heavy atom. The van der Waals surface area contributed by atoms with Crippen molar-refractivity contribution in [3.05, 3.63) is 29.6 Å². The van der Waals surface area contributed by atoms with E-state index in [0.717, 1.165) is 0 Å². The van der Waals surface area contributed by atoms with E-state index in [1.807, 2.05) is 0 Å². The van der Waals surface area contributed by atoms with Gasteiger partial charge in [-0.05, 0) is 19.1 Å². The smallest absolute Gasteiger partial charge is 0.341 e. The van der Waals surface area contributed by atoms with Crippen molar-refractivity contribution < 1.29 is 13.9 Å². The van der Waals surface area contributed by atoms with Crippen molar-refractivity contribution in [3.63, 3.8) is 0 Å². The Bertz CT molecular complexity index is 325. The second-order valence-electron chi connectivity index (χ2n) is 2.43. The van der Waals surface area contributed by atoms with Crippen LogP contribution in [0.5, 0.6) is 0 Å². The van der Waals surface area contributed by atoms with Gasteiger partial charge in [0.1, 0.15) is 0 Å². The van der Waals surface area contributed by atoms with Gasteiger partial charge < -0.3 is 10.5 Å². The first-order valence-corrected chi connectivity index (χ1v) is 3.88. The number of nitrogens with two attached hydrogens (primary N) is 1. The number of hydrogen-bond acceptors (Lipinski definition) is 3. The summed E-state index contributed by atoms with van der Waals surface area (Å²) in [7, 11) is 0. The Morgan fingerprint density at radius 2 is 2.31 bits per heavy atom. The second kappa shape index (κ2) is 3.89. The lowest BCUT2D eigenvalue weighted by Crippen LogP contribution is -2.08. The highest BCUT2D eigenvalue weighted by Crippen LogP contribution is 2.15. The van der Waals surface area contributed by atoms with Gasteiger partial charge in [-0.25, -0.2) is 9.18 Å². The largest absolute Gasteiger partial charge is 0.462 e. The van der Waals surface area contributed by atoms with Crippen molar-refractivity contribution in [2.45, 2.75) is 6.92 Å². The molecule has 0 bridgehead atoms. The average molecular weight is 183 g/mol. The summed E-state index contributed by atoms with van der Waals surface area (Å²) in [5.41, 5.74) is 5.10. The van der Waals surface area contributed by atoms with Crippen molar-refractivity contribution in [1.82, 2.24) is 0 Å². The third kappa shape index (κ3) is 1.96. The van der Waals surface area contributed by atoms with Crippen LogP contribution < -0.4 is 5.73 Å². The number of benzene rings is 1. The van der Waals surface area contributed by atoms with E-state index in [2.05, 4.69) is 4.74 Å². The van der Waals surface area contributed by atoms with Crippen LogP contribution in [0.2, 0.25) is 0 Å². The molecule has 0 fully saturated rings. The topological polar surface area (TPSA) is 52.3 Å². The molecule has 0 heterocycles. The molecule has 0 saturated heterocycles. The van der Waals surface area contributed by atoms with E-state index in [1.165, 1.54) is 18.2 Å². The van der Waals surface area contributed by atoms with Gasteiger partial charge in [-0.3, -0.25) is 0 Å². The molecule has 0 amide bonds. The van der Waals surface area contributed by atoms with Crippen LogP contribution in [0, 0.1) is 5.82 Å². The second-order valence-corrected chi connectivity index (χ2v) is 2.43. The van der Waals surface area contributed by atoms with Gasteiger partial charge in [0, 0.05) is 0 Å². The van der Waals surface area contributed by atoms with Gasteiger partial charge in [0.15, 0.2) is 5.82 Å². The third-order valence-corrected chi connectivity index (χ3v) is 1.52. The fourth-order valence-electron chi connectivity index (χ4n) is 0.916. The van der Waals surface area contributed by atoms with Gasteiger partial charge in [-0.2, -0.15) is 0 Å². The van der Waals surface area contributed by atoms with E-state index in [4.69, 9.17) is 5.73 Å². The van der Waals surface area contributed by atoms with Gasteiger partial charge >= 0.3 is 5.97 Å². The van der Waals surface area contributed by atoms with Crippen molar-refractivity contribution in [1.29, 1.82) is 0 Å². The van der Waals surface area contributed by atoms with Crippen LogP contribution in [-0.4, -0.2) is 12.6 Å². The van der Waals surface area contributed by atoms with Crippen LogP contribution in [0.4, 0.5) is 10.1 Å². The van der Waals surface area contributed by atoms with E-state index in [9.17, 15) is 9.18 Å². The standard InChI is InChI=1S/C9H10FNO2/c1-2-13-9(12)6-4-3-5-7(11)8(6)10/h3-5H,2,11H2,1H3. The number of esters is 1. The number of carbonyl (C=O) groups excluding carboxylic acids is 1. The Kier molecular flexibility index (Phi) is 2.84. The van der Waals surface area contributed by atoms with Crippen molar-refractivity contribution in [3.8, 4) is 0 Å². The lowest BCUT2D eigenvalue weighted by atomic mass is 10.2. The summed E-state index contributed by atoms with van der Waals surface area (Å²) >= 11 is 0. The molecule has 3 nitrogen and oxygen atoms in total. The van der Waals surface area contributed by atoms with Crippen LogP contribution >= 0.6 is 0 Å². The molecule has 70 valence electrons. The Hall–Kier alpha value is -1.58. The molecular weight excluding hydrogens is 173 g/mol. The van der Waals surface area contributed by atoms with Crippen LogP contribution in [0.1, 0.15) is 17.3 Å². The van der Waals surface area contributed by atoms with Crippen LogP contribution in [0.15, 0.2) is 18.2 Å². The molecule has 1 aromatic rings. The summed E-state index contributed by atoms with van der Waals surface area (Å²) < 4.78 is 17.8. The molecule has 4 heteroatoms. The lowest BCUT2D eigenvalue weighted by molar-refractivity contribution is 0.0521. The maximum Gasteiger partial charge on any atom is 0.341 e. The highest BCUT2D eigenvalue weighted by molar-refractivity contribution is 5.90. The normalized spacial score (nSPS) is 9.69. The molecule has 0 spiro atoms. The molecule has 13 heavy (non-hydrogen) atoms. The summed E-state index contributed by atoms with van der Waals surface area (Å²) in [6, 6.07) is 4.23. The molecule has 2 N–H and O–H groups in total. The molecule has 0 aromatic heterocycles. The first-order chi connectivity index (χ1) is 6.16. The number of rotatable bonds is 2. The zero-order valence-corrected chi connectivity index (χ0v) is 7.21. The van der Waals surface area contributed by atoms with Gasteiger partial charge in [-0.15, -0.1) is 0 Å². The van der Waals surface area contributed by atoms with E-state index in [1.54, 1.807) is 6.92 Å². The predicted molar refractivity (Wildman–Crippen MR) is 46.8 cm³/mol. The highest BCUT2D eigenvalue weighted by Gasteiger charge is 2.13. The van der Waals surface area contributed by atoms with Gasteiger partial charge in [0.05, 0.1) is 17.9 Å². The minimum Gasteiger partial charge on any atom is -0.462 e. The van der Waals surface area contributed by atoms with Crippen LogP contribution in [0.3, 0.4) is 0 Å². The fourth-order valence-corrected chi connectivity index (χ4v) is 0.916. The van der Waals surface area contributed by atoms with Crippen molar-refractivity contribution in [2.75, 3.05) is 12.3 Å². The van der Waals surface area contributed by atoms with Crippen molar-refractivity contribution >= 4 is 11.7 Å². The monoisotopic (exact) mass is 183 g/mol. The molecule has 1 rings (SSSR count). The summed E-state index contributed by atoms with van der Waals surface area (Å²) in [5.74, 6) is -1.41. The Balaban J connectivity index is 3.01. The maximum atomic E-state index is 13.1. The van der Waals surface area contributed by atoms with Crippen LogP contribution in [-0.2, 0) is 4.74 Å². The minimum atomic E-state index is -0.721. The van der Waals surface area contributed by atoms with Gasteiger partial charge in [-0.1, -0.05) is 6.07 Å². The number of carbonyl (C=O) groups is 1. The summed E-state index contributed by atoms with van der Waals surface area (Å²) in [6.07, 6.45) is 0. The minimum absolute atomic E-state index is 0.0504. The van der Waals surface area contributed by atoms with E-state index < -0.39 is 11.8 Å². The fraction of sp³-hybridized carbons (Fsp3) is 0.222. The number of anilines is 1. The lowest BCUT2D eigenvalue weighted by Gasteiger charge is -2.03. The molecule has 0 unspecified atom stereocenters. The molecule has 0 saturated carbocycles. The van der Waals surface area contributed by atoms with Crippen LogP contribution in [0.25, 0.3) is 0 Å². The number of halogens is 1. The summed E-state index contributed by atoms with van der Waals surface area (Å²) in [4.78, 5) is 11.1. The van der Waals surface area contributed by atoms with Crippen molar-refractivity contribution in [2.24, 2.45) is 0 Å². The zero-order chi connectivity index (χ0) is 9.84. The quantitative estimate of drug-likeness (QED) is 0.559. The maximum absolute atomic E-state index is 13.1. The first-order valence-electron chi connectivity index (χ1n) is 3.88. The first kappa shape index (κ1) is 9.51. The zero-order valence-electron chi connectivity index (χ0n) is 7.21. The molecule has 0 atom stereocenters. The van der Waals surface area contributed by atoms with Gasteiger partial charge in [0.2, 0.25) is 0 Å². The Morgan fingerprint density at radius 1 is 1.62 bits per heavy atom. The molecule has 1 aromatic carbocycles. The van der Waals surface area contributed by atoms with Gasteiger partial charge in [0.25, 0.3) is 0 Å². The highest BCUT2D eigenvalue weighted by atomic mass is 19.1. The van der Waals surface area contributed by atoms with E-state index >= 15 is 0 Å². The summed E-state index contributed by atoms with van der Waals surface area (Å²) in [5, 5.41) is 0. The molecule has 0 aliphatic heterocycles. The third-order valence-electron chi connectivity index (χ3n) is 1.52. The number of nitrogen functional groups attached to an aromatic ring is 1. The predicted octanol–water partition coefficient (Wildman–Crippen LogP) is 1.58. The Labute approximate surface area is 75.3 Å². The average Bonchev–Trinajstić information content (AvgIpc) is 2.10. The number of hydrogen-bond donors (Lipinski definition) is 1. The molecule has 0 radical (unpaired) electrons. The molecule has 0 aliphatic rings. The van der Waals surface area contributed by atoms with E-state index in [0.29, 0.717) is 0 Å². The molecular formula is C9H10FNO2. The summed E-state index contributed by atoms with van der Waals surface area (Å²) in [6.45, 7) is 1.87. The number of ether oxygens (including phenoxy) is 1. The SMILES string of the molecule is CCOC(=O)c1cccc(N)c1F. The van der Waals surface area contributed by atoms with E-state index in [-0.39, 0.29) is 17.9 Å². The molecule has 0 aliphatic carbocycles.